The Morgan fingerprint density at radius 2 is 1.19 bits per heavy atom. The van der Waals surface area contributed by atoms with Crippen LogP contribution in [0.2, 0.25) is 0 Å². The van der Waals surface area contributed by atoms with E-state index in [-0.39, 0.29) is 0 Å². The average Bonchev–Trinajstić information content (AvgIpc) is 2.22. The van der Waals surface area contributed by atoms with E-state index in [0.717, 1.165) is 0 Å². The van der Waals surface area contributed by atoms with Crippen LogP contribution in [0, 0.1) is 0 Å². The Labute approximate surface area is 108 Å². The third-order valence-electron chi connectivity index (χ3n) is 3.68. The molecule has 100 valence electrons. The van der Waals surface area contributed by atoms with Gasteiger partial charge in [0.1, 0.15) is 0 Å². The van der Waals surface area contributed by atoms with Gasteiger partial charge in [-0.1, -0.05) is 0 Å². The van der Waals surface area contributed by atoms with Crippen LogP contribution < -0.4 is 0 Å². The van der Waals surface area contributed by atoms with Gasteiger partial charge in [0.25, 0.3) is 0 Å². The van der Waals surface area contributed by atoms with E-state index in [0.29, 0.717) is 0 Å². The molecule has 0 fully saturated rings. The molecule has 16 heavy (non-hydrogen) atoms. The fraction of sp³-hybridized carbons (Fsp3) is 1.00. The van der Waals surface area contributed by atoms with Gasteiger partial charge in [0.15, 0.2) is 0 Å². The monoisotopic (exact) mass is 266 g/mol. The van der Waals surface area contributed by atoms with Gasteiger partial charge >= 0.3 is 108 Å². The summed E-state index contributed by atoms with van der Waals surface area (Å²) in [5.74, 6) is -1.75. The maximum absolute atomic E-state index is 6.69. The molecular weight excluding hydrogens is 235 g/mol. The van der Waals surface area contributed by atoms with Crippen molar-refractivity contribution in [1.29, 1.82) is 0 Å². The van der Waals surface area contributed by atoms with Gasteiger partial charge in [-0.05, 0) is 0 Å². The zero-order valence-electron chi connectivity index (χ0n) is 11.9. The van der Waals surface area contributed by atoms with Crippen molar-refractivity contribution < 1.29 is 0 Å². The van der Waals surface area contributed by atoms with Crippen LogP contribution >= 0.6 is 17.2 Å². The first-order valence-corrected chi connectivity index (χ1v) is 11.5. The van der Waals surface area contributed by atoms with E-state index in [1.54, 1.807) is 0 Å². The Morgan fingerprint density at radius 3 is 1.62 bits per heavy atom. The van der Waals surface area contributed by atoms with Gasteiger partial charge in [-0.15, -0.1) is 0 Å². The molecule has 0 aliphatic carbocycles. The quantitative estimate of drug-likeness (QED) is 0.330. The molecule has 0 N–H and O–H groups in total. The fourth-order valence-electron chi connectivity index (χ4n) is 1.89. The predicted octanol–water partition coefficient (Wildman–Crippen LogP) is 6.11. The van der Waals surface area contributed by atoms with Crippen molar-refractivity contribution in [1.82, 2.24) is 0 Å². The predicted molar refractivity (Wildman–Crippen MR) is 82.6 cm³/mol. The third kappa shape index (κ3) is 9.91. The molecule has 0 atom stereocenters. The number of rotatable bonds is 10. The summed E-state index contributed by atoms with van der Waals surface area (Å²) in [5.41, 5.74) is 0. The summed E-state index contributed by atoms with van der Waals surface area (Å²) in [6.45, 7) is 9.15. The van der Waals surface area contributed by atoms with Crippen molar-refractivity contribution in [3.8, 4) is 0 Å². The number of hydrogen-bond acceptors (Lipinski definition) is 0. The van der Waals surface area contributed by atoms with E-state index in [1.807, 2.05) is 0 Å². The molecule has 0 aromatic carbocycles. The molecule has 0 bridgehead atoms. The van der Waals surface area contributed by atoms with Gasteiger partial charge in [0.05, 0.1) is 0 Å². The van der Waals surface area contributed by atoms with Crippen molar-refractivity contribution >= 4 is 17.2 Å². The van der Waals surface area contributed by atoms with Crippen LogP contribution in [0.25, 0.3) is 0 Å². The van der Waals surface area contributed by atoms with E-state index >= 15 is 0 Å². The summed E-state index contributed by atoms with van der Waals surface area (Å²) in [7, 11) is 0. The number of unbranched alkanes of at least 4 members (excludes halogenated alkanes) is 7. The molecular formula is C14H32ClP. The second-order valence-electron chi connectivity index (χ2n) is 6.03. The van der Waals surface area contributed by atoms with E-state index in [1.165, 1.54) is 63.7 Å². The molecule has 0 saturated heterocycles. The molecule has 0 aliphatic rings. The summed E-state index contributed by atoms with van der Waals surface area (Å²) in [5, 5.41) is 0. The summed E-state index contributed by atoms with van der Waals surface area (Å²) < 4.78 is 0. The van der Waals surface area contributed by atoms with Crippen LogP contribution in [-0.2, 0) is 0 Å². The number of halogens is 1. The van der Waals surface area contributed by atoms with Crippen LogP contribution in [0.5, 0.6) is 0 Å². The first kappa shape index (κ1) is 16.7. The molecule has 0 aromatic rings. The topological polar surface area (TPSA) is 0 Å². The summed E-state index contributed by atoms with van der Waals surface area (Å²) in [6, 6.07) is 0. The summed E-state index contributed by atoms with van der Waals surface area (Å²) in [6.07, 6.45) is 13.7. The molecule has 0 rings (SSSR count). The van der Waals surface area contributed by atoms with Gasteiger partial charge in [-0.25, -0.2) is 0 Å². The third-order valence-corrected chi connectivity index (χ3v) is 8.55. The van der Waals surface area contributed by atoms with Crippen molar-refractivity contribution in [2.45, 2.75) is 65.2 Å². The SMILES string of the molecule is CCCCCCCCCCP(C)(C)(Cl)CC. The maximum atomic E-state index is 6.69. The second kappa shape index (κ2) is 7.93. The van der Waals surface area contributed by atoms with Crippen molar-refractivity contribution in [2.24, 2.45) is 0 Å². The standard InChI is InChI=1S/C14H32ClP/c1-5-7-8-9-10-11-12-13-14-16(3,4,15)6-2/h5-14H2,1-4H3. The van der Waals surface area contributed by atoms with E-state index < -0.39 is 5.96 Å². The molecule has 0 radical (unpaired) electrons. The van der Waals surface area contributed by atoms with Gasteiger partial charge in [-0.2, -0.15) is 0 Å². The molecule has 0 amide bonds. The normalized spacial score (nSPS) is 14.7. The van der Waals surface area contributed by atoms with E-state index in [2.05, 4.69) is 27.2 Å². The Balaban J connectivity index is 3.34. The molecule has 0 heterocycles. The van der Waals surface area contributed by atoms with Crippen LogP contribution in [-0.4, -0.2) is 25.7 Å². The zero-order valence-corrected chi connectivity index (χ0v) is 13.5. The first-order chi connectivity index (χ1) is 7.39. The Kier molecular flexibility index (Phi) is 8.29. The minimum absolute atomic E-state index is 1.18. The second-order valence-corrected chi connectivity index (χ2v) is 15.6. The van der Waals surface area contributed by atoms with Crippen LogP contribution in [0.3, 0.4) is 0 Å². The van der Waals surface area contributed by atoms with Gasteiger partial charge in [0.2, 0.25) is 0 Å². The summed E-state index contributed by atoms with van der Waals surface area (Å²) >= 11 is 6.69. The van der Waals surface area contributed by atoms with Crippen LogP contribution in [0.1, 0.15) is 65.2 Å². The molecule has 0 aliphatic heterocycles. The first-order valence-electron chi connectivity index (χ1n) is 7.11. The summed E-state index contributed by atoms with van der Waals surface area (Å²) in [4.78, 5) is 0. The van der Waals surface area contributed by atoms with Gasteiger partial charge in [-0.3, -0.25) is 0 Å². The van der Waals surface area contributed by atoms with E-state index in [4.69, 9.17) is 11.2 Å². The fourth-order valence-corrected chi connectivity index (χ4v) is 3.77. The van der Waals surface area contributed by atoms with Gasteiger partial charge < -0.3 is 0 Å². The average molecular weight is 267 g/mol. The van der Waals surface area contributed by atoms with Crippen molar-refractivity contribution in [3.05, 3.63) is 0 Å². The molecule has 0 aromatic heterocycles. The minimum atomic E-state index is -1.75. The Bertz CT molecular complexity index is 169. The Morgan fingerprint density at radius 1 is 0.750 bits per heavy atom. The van der Waals surface area contributed by atoms with E-state index in [9.17, 15) is 0 Å². The Hall–Kier alpha value is 0.720. The van der Waals surface area contributed by atoms with Crippen LogP contribution in [0.4, 0.5) is 0 Å². The van der Waals surface area contributed by atoms with Crippen molar-refractivity contribution in [2.75, 3.05) is 25.7 Å². The van der Waals surface area contributed by atoms with Crippen LogP contribution in [0.15, 0.2) is 0 Å². The van der Waals surface area contributed by atoms with Crippen molar-refractivity contribution in [3.63, 3.8) is 0 Å². The molecule has 2 heteroatoms. The molecule has 0 unspecified atom stereocenters. The molecule has 0 saturated carbocycles. The zero-order chi connectivity index (χ0) is 12.5. The molecule has 0 nitrogen and oxygen atoms in total. The number of hydrogen-bond donors (Lipinski definition) is 0. The van der Waals surface area contributed by atoms with Gasteiger partial charge in [0, 0.05) is 0 Å². The molecule has 0 spiro atoms.